The van der Waals surface area contributed by atoms with Crippen molar-refractivity contribution < 1.29 is 20.1 Å². The van der Waals surface area contributed by atoms with Crippen LogP contribution in [0.5, 0.6) is 0 Å². The third-order valence-corrected chi connectivity index (χ3v) is 1.25. The van der Waals surface area contributed by atoms with Crippen LogP contribution in [0, 0.1) is 0 Å². The summed E-state index contributed by atoms with van der Waals surface area (Å²) in [5, 5.41) is 25.9. The number of carboxylic acid groups (broad SMARTS) is 1. The Morgan fingerprint density at radius 1 is 1.40 bits per heavy atom. The molecule has 4 heteroatoms. The first-order valence-electron chi connectivity index (χ1n) is 3.15. The molecular weight excluding hydrogens is 136 g/mol. The van der Waals surface area contributed by atoms with Crippen molar-refractivity contribution in [3.05, 3.63) is 0 Å². The van der Waals surface area contributed by atoms with E-state index in [1.54, 1.807) is 6.92 Å². The van der Waals surface area contributed by atoms with Crippen LogP contribution in [-0.2, 0) is 4.79 Å². The SMILES string of the molecule is CCC(O)[C@@H](O)CC(=O)O. The molecule has 4 nitrogen and oxygen atoms in total. The van der Waals surface area contributed by atoms with Gasteiger partial charge in [-0.05, 0) is 6.42 Å². The fraction of sp³-hybridized carbons (Fsp3) is 0.833. The number of carbonyl (C=O) groups is 1. The zero-order chi connectivity index (χ0) is 8.15. The van der Waals surface area contributed by atoms with Gasteiger partial charge in [0.15, 0.2) is 0 Å². The van der Waals surface area contributed by atoms with E-state index in [9.17, 15) is 4.79 Å². The first-order chi connectivity index (χ1) is 4.57. The molecule has 0 bridgehead atoms. The maximum Gasteiger partial charge on any atom is 0.306 e. The Morgan fingerprint density at radius 3 is 2.20 bits per heavy atom. The van der Waals surface area contributed by atoms with Crippen molar-refractivity contribution in [2.24, 2.45) is 0 Å². The van der Waals surface area contributed by atoms with Crippen LogP contribution in [-0.4, -0.2) is 33.5 Å². The molecule has 0 aromatic carbocycles. The number of hydrogen-bond acceptors (Lipinski definition) is 3. The molecule has 0 saturated heterocycles. The van der Waals surface area contributed by atoms with Crippen LogP contribution in [0.4, 0.5) is 0 Å². The van der Waals surface area contributed by atoms with E-state index < -0.39 is 24.6 Å². The second kappa shape index (κ2) is 4.24. The van der Waals surface area contributed by atoms with Crippen LogP contribution in [0.1, 0.15) is 19.8 Å². The summed E-state index contributed by atoms with van der Waals surface area (Å²) in [6, 6.07) is 0. The molecular formula is C6H12O4. The Morgan fingerprint density at radius 2 is 1.90 bits per heavy atom. The molecule has 0 amide bonds. The smallest absolute Gasteiger partial charge is 0.306 e. The highest BCUT2D eigenvalue weighted by molar-refractivity contribution is 5.67. The molecule has 0 aliphatic heterocycles. The lowest BCUT2D eigenvalue weighted by molar-refractivity contribution is -0.141. The van der Waals surface area contributed by atoms with Gasteiger partial charge in [-0.2, -0.15) is 0 Å². The summed E-state index contributed by atoms with van der Waals surface area (Å²) in [4.78, 5) is 9.96. The molecule has 0 aromatic heterocycles. The summed E-state index contributed by atoms with van der Waals surface area (Å²) in [6.07, 6.45) is -2.08. The van der Waals surface area contributed by atoms with E-state index in [-0.39, 0.29) is 0 Å². The minimum atomic E-state index is -1.14. The average Bonchev–Trinajstić information content (AvgIpc) is 1.85. The predicted molar refractivity (Wildman–Crippen MR) is 34.6 cm³/mol. The highest BCUT2D eigenvalue weighted by atomic mass is 16.4. The van der Waals surface area contributed by atoms with Gasteiger partial charge >= 0.3 is 5.97 Å². The average molecular weight is 148 g/mol. The maximum absolute atomic E-state index is 9.96. The third-order valence-electron chi connectivity index (χ3n) is 1.25. The Labute approximate surface area is 59.1 Å². The summed E-state index contributed by atoms with van der Waals surface area (Å²) < 4.78 is 0. The molecule has 60 valence electrons. The Hall–Kier alpha value is -0.610. The summed E-state index contributed by atoms with van der Waals surface area (Å²) in [5.41, 5.74) is 0. The van der Waals surface area contributed by atoms with E-state index in [4.69, 9.17) is 15.3 Å². The second-order valence-corrected chi connectivity index (χ2v) is 2.14. The highest BCUT2D eigenvalue weighted by Gasteiger charge is 2.16. The monoisotopic (exact) mass is 148 g/mol. The fourth-order valence-corrected chi connectivity index (χ4v) is 0.587. The van der Waals surface area contributed by atoms with E-state index in [2.05, 4.69) is 0 Å². The summed E-state index contributed by atoms with van der Waals surface area (Å²) >= 11 is 0. The fourth-order valence-electron chi connectivity index (χ4n) is 0.587. The summed E-state index contributed by atoms with van der Waals surface area (Å²) in [6.45, 7) is 1.68. The number of carboxylic acids is 1. The van der Waals surface area contributed by atoms with Crippen molar-refractivity contribution in [2.75, 3.05) is 0 Å². The first-order valence-corrected chi connectivity index (χ1v) is 3.15. The Kier molecular flexibility index (Phi) is 3.99. The lowest BCUT2D eigenvalue weighted by Crippen LogP contribution is -2.27. The lowest BCUT2D eigenvalue weighted by Gasteiger charge is -2.12. The van der Waals surface area contributed by atoms with Crippen LogP contribution >= 0.6 is 0 Å². The Bertz CT molecular complexity index is 112. The topological polar surface area (TPSA) is 77.8 Å². The quantitative estimate of drug-likeness (QED) is 0.506. The Balaban J connectivity index is 3.61. The molecule has 2 atom stereocenters. The zero-order valence-corrected chi connectivity index (χ0v) is 5.82. The van der Waals surface area contributed by atoms with Crippen LogP contribution in [0.25, 0.3) is 0 Å². The normalized spacial score (nSPS) is 16.3. The standard InChI is InChI=1S/C6H12O4/c1-2-4(7)5(8)3-6(9)10/h4-5,7-8H,2-3H2,1H3,(H,9,10)/t4?,5-/m0/s1. The summed E-state index contributed by atoms with van der Waals surface area (Å²) in [7, 11) is 0. The number of rotatable bonds is 4. The van der Waals surface area contributed by atoms with Crippen molar-refractivity contribution in [3.63, 3.8) is 0 Å². The highest BCUT2D eigenvalue weighted by Crippen LogP contribution is 2.01. The van der Waals surface area contributed by atoms with Crippen LogP contribution in [0.2, 0.25) is 0 Å². The van der Waals surface area contributed by atoms with Crippen LogP contribution in [0.15, 0.2) is 0 Å². The van der Waals surface area contributed by atoms with Gasteiger partial charge in [0.1, 0.15) is 0 Å². The van der Waals surface area contributed by atoms with E-state index in [0.717, 1.165) is 0 Å². The zero-order valence-electron chi connectivity index (χ0n) is 5.82. The molecule has 0 rings (SSSR count). The molecule has 0 saturated carbocycles. The molecule has 0 spiro atoms. The number of hydrogen-bond donors (Lipinski definition) is 3. The van der Waals surface area contributed by atoms with Gasteiger partial charge in [0.2, 0.25) is 0 Å². The third kappa shape index (κ3) is 3.42. The van der Waals surface area contributed by atoms with E-state index >= 15 is 0 Å². The summed E-state index contributed by atoms with van der Waals surface area (Å²) in [5.74, 6) is -1.10. The number of aliphatic hydroxyl groups is 2. The van der Waals surface area contributed by atoms with Crippen molar-refractivity contribution in [2.45, 2.75) is 32.0 Å². The van der Waals surface area contributed by atoms with E-state index in [1.165, 1.54) is 0 Å². The molecule has 0 fully saturated rings. The minimum absolute atomic E-state index is 0.369. The molecule has 0 heterocycles. The second-order valence-electron chi connectivity index (χ2n) is 2.14. The van der Waals surface area contributed by atoms with E-state index in [0.29, 0.717) is 6.42 Å². The van der Waals surface area contributed by atoms with Crippen LogP contribution < -0.4 is 0 Å². The van der Waals surface area contributed by atoms with Gasteiger partial charge in [-0.25, -0.2) is 0 Å². The largest absolute Gasteiger partial charge is 0.481 e. The van der Waals surface area contributed by atoms with Crippen molar-refractivity contribution in [1.82, 2.24) is 0 Å². The maximum atomic E-state index is 9.96. The molecule has 0 aliphatic rings. The lowest BCUT2D eigenvalue weighted by atomic mass is 10.1. The molecule has 0 aliphatic carbocycles. The molecule has 3 N–H and O–H groups in total. The number of aliphatic hydroxyl groups excluding tert-OH is 2. The van der Waals surface area contributed by atoms with Crippen molar-refractivity contribution in [3.8, 4) is 0 Å². The van der Waals surface area contributed by atoms with Gasteiger partial charge < -0.3 is 15.3 Å². The van der Waals surface area contributed by atoms with Crippen molar-refractivity contribution >= 4 is 5.97 Å². The molecule has 1 unspecified atom stereocenters. The number of aliphatic carboxylic acids is 1. The molecule has 10 heavy (non-hydrogen) atoms. The first kappa shape index (κ1) is 9.39. The minimum Gasteiger partial charge on any atom is -0.481 e. The van der Waals surface area contributed by atoms with Gasteiger partial charge in [-0.1, -0.05) is 6.92 Å². The predicted octanol–water partition coefficient (Wildman–Crippen LogP) is -0.407. The molecule has 0 aromatic rings. The van der Waals surface area contributed by atoms with Gasteiger partial charge in [-0.15, -0.1) is 0 Å². The van der Waals surface area contributed by atoms with Gasteiger partial charge in [0, 0.05) is 0 Å². The molecule has 0 radical (unpaired) electrons. The van der Waals surface area contributed by atoms with Crippen LogP contribution in [0.3, 0.4) is 0 Å². The van der Waals surface area contributed by atoms with Gasteiger partial charge in [0.05, 0.1) is 18.6 Å². The van der Waals surface area contributed by atoms with Crippen molar-refractivity contribution in [1.29, 1.82) is 0 Å². The van der Waals surface area contributed by atoms with E-state index in [1.807, 2.05) is 0 Å². The van der Waals surface area contributed by atoms with Gasteiger partial charge in [-0.3, -0.25) is 4.79 Å². The van der Waals surface area contributed by atoms with Gasteiger partial charge in [0.25, 0.3) is 0 Å².